The third kappa shape index (κ3) is 4.59. The Balaban J connectivity index is 1.77. The summed E-state index contributed by atoms with van der Waals surface area (Å²) in [6, 6.07) is 7.73. The lowest BCUT2D eigenvalue weighted by atomic mass is 9.76. The van der Waals surface area contributed by atoms with E-state index >= 15 is 0 Å². The van der Waals surface area contributed by atoms with Gasteiger partial charge in [0.2, 0.25) is 0 Å². The van der Waals surface area contributed by atoms with Crippen molar-refractivity contribution in [3.8, 4) is 39.5 Å². The number of aryl methyl sites for hydroxylation is 3. The minimum Gasteiger partial charge on any atom is -0.507 e. The zero-order valence-electron chi connectivity index (χ0n) is 23.9. The minimum atomic E-state index is 0.179. The summed E-state index contributed by atoms with van der Waals surface area (Å²) in [5.74, 6) is 1.58. The number of benzene rings is 3. The standard InChI is InChI=1S/C35H44O3/c1-20-16-17-27(32-23(4)30(21(2)18-28(32)36)25-12-8-6-9-13-25)34(35(20)38)33-24(5)31(22(3)19-29(33)37)26-14-10-7-11-15-26/h16-19,25-26,36-38H,6-15H2,1-5H3. The number of aromatic hydroxyl groups is 3. The average molecular weight is 513 g/mol. The number of hydrogen-bond donors (Lipinski definition) is 3. The molecule has 2 aliphatic carbocycles. The van der Waals surface area contributed by atoms with Gasteiger partial charge in [-0.15, -0.1) is 0 Å². The molecule has 2 fully saturated rings. The number of hydrogen-bond acceptors (Lipinski definition) is 3. The zero-order chi connectivity index (χ0) is 27.1. The molecule has 3 nitrogen and oxygen atoms in total. The Morgan fingerprint density at radius 3 is 1.47 bits per heavy atom. The molecule has 2 saturated carbocycles. The highest BCUT2D eigenvalue weighted by Crippen LogP contribution is 2.52. The van der Waals surface area contributed by atoms with Crippen molar-refractivity contribution >= 4 is 0 Å². The van der Waals surface area contributed by atoms with Crippen LogP contribution in [-0.2, 0) is 0 Å². The number of phenolic OH excluding ortho intramolecular Hbond substituents is 3. The highest BCUT2D eigenvalue weighted by molar-refractivity contribution is 5.95. The molecule has 3 aromatic rings. The fraction of sp³-hybridized carbons (Fsp3) is 0.486. The molecular formula is C35H44O3. The molecular weight excluding hydrogens is 468 g/mol. The Morgan fingerprint density at radius 2 is 0.974 bits per heavy atom. The van der Waals surface area contributed by atoms with Crippen molar-refractivity contribution in [3.05, 3.63) is 63.2 Å². The summed E-state index contributed by atoms with van der Waals surface area (Å²) in [7, 11) is 0. The molecule has 3 aromatic carbocycles. The molecule has 0 heterocycles. The maximum absolute atomic E-state index is 11.6. The zero-order valence-corrected chi connectivity index (χ0v) is 23.9. The van der Waals surface area contributed by atoms with Crippen LogP contribution in [0.15, 0.2) is 24.3 Å². The fourth-order valence-electron chi connectivity index (χ4n) is 7.81. The fourth-order valence-corrected chi connectivity index (χ4v) is 7.81. The van der Waals surface area contributed by atoms with E-state index < -0.39 is 0 Å². The Bertz CT molecular complexity index is 1350. The lowest BCUT2D eigenvalue weighted by Crippen LogP contribution is -2.10. The molecule has 2 aliphatic rings. The molecule has 38 heavy (non-hydrogen) atoms. The van der Waals surface area contributed by atoms with E-state index in [4.69, 9.17) is 0 Å². The van der Waals surface area contributed by atoms with Crippen molar-refractivity contribution in [1.29, 1.82) is 0 Å². The van der Waals surface area contributed by atoms with E-state index in [2.05, 4.69) is 27.7 Å². The van der Waals surface area contributed by atoms with Gasteiger partial charge >= 0.3 is 0 Å². The van der Waals surface area contributed by atoms with Gasteiger partial charge in [-0.3, -0.25) is 0 Å². The van der Waals surface area contributed by atoms with Crippen LogP contribution in [0.25, 0.3) is 22.3 Å². The van der Waals surface area contributed by atoms with E-state index in [0.29, 0.717) is 23.0 Å². The minimum absolute atomic E-state index is 0.179. The lowest BCUT2D eigenvalue weighted by molar-refractivity contribution is 0.438. The van der Waals surface area contributed by atoms with Crippen LogP contribution >= 0.6 is 0 Å². The van der Waals surface area contributed by atoms with E-state index in [0.717, 1.165) is 38.9 Å². The smallest absolute Gasteiger partial charge is 0.127 e. The van der Waals surface area contributed by atoms with Crippen LogP contribution in [0.2, 0.25) is 0 Å². The first-order valence-electron chi connectivity index (χ1n) is 14.7. The summed E-state index contributed by atoms with van der Waals surface area (Å²) < 4.78 is 0. The molecule has 0 radical (unpaired) electrons. The predicted octanol–water partition coefficient (Wildman–Crippen LogP) is 9.77. The second kappa shape index (κ2) is 10.7. The van der Waals surface area contributed by atoms with E-state index in [-0.39, 0.29) is 17.2 Å². The molecule has 3 N–H and O–H groups in total. The summed E-state index contributed by atoms with van der Waals surface area (Å²) in [6.07, 6.45) is 12.3. The summed E-state index contributed by atoms with van der Waals surface area (Å²) in [6.45, 7) is 10.3. The van der Waals surface area contributed by atoms with Crippen molar-refractivity contribution in [2.45, 2.75) is 111 Å². The Morgan fingerprint density at radius 1 is 0.526 bits per heavy atom. The van der Waals surface area contributed by atoms with Gasteiger partial charge in [0.05, 0.1) is 0 Å². The second-order valence-electron chi connectivity index (χ2n) is 12.1. The predicted molar refractivity (Wildman–Crippen MR) is 158 cm³/mol. The van der Waals surface area contributed by atoms with Crippen molar-refractivity contribution in [2.24, 2.45) is 0 Å². The van der Waals surface area contributed by atoms with E-state index in [1.54, 1.807) is 0 Å². The topological polar surface area (TPSA) is 60.7 Å². The van der Waals surface area contributed by atoms with Gasteiger partial charge in [-0.2, -0.15) is 0 Å². The highest BCUT2D eigenvalue weighted by atomic mass is 16.3. The summed E-state index contributed by atoms with van der Waals surface area (Å²) >= 11 is 0. The molecule has 0 amide bonds. The van der Waals surface area contributed by atoms with Gasteiger partial charge in [0.25, 0.3) is 0 Å². The lowest BCUT2D eigenvalue weighted by Gasteiger charge is -2.29. The maximum atomic E-state index is 11.6. The molecule has 0 aliphatic heterocycles. The molecule has 0 spiro atoms. The first kappa shape index (κ1) is 26.7. The molecule has 3 heteroatoms. The van der Waals surface area contributed by atoms with Gasteiger partial charge in [0.15, 0.2) is 0 Å². The van der Waals surface area contributed by atoms with Gasteiger partial charge in [0.1, 0.15) is 17.2 Å². The SMILES string of the molecule is Cc1ccc(-c2c(O)cc(C)c(C3CCCCC3)c2C)c(-c2c(O)cc(C)c(C3CCCCC3)c2C)c1O. The average Bonchev–Trinajstić information content (AvgIpc) is 2.88. The molecule has 0 bridgehead atoms. The Hall–Kier alpha value is -2.94. The molecule has 0 unspecified atom stereocenters. The van der Waals surface area contributed by atoms with Gasteiger partial charge in [-0.05, 0) is 129 Å². The van der Waals surface area contributed by atoms with Crippen LogP contribution in [0.4, 0.5) is 0 Å². The summed E-state index contributed by atoms with van der Waals surface area (Å²) in [5, 5.41) is 34.4. The van der Waals surface area contributed by atoms with Gasteiger partial charge in [-0.25, -0.2) is 0 Å². The normalized spacial score (nSPS) is 17.2. The van der Waals surface area contributed by atoms with Crippen molar-refractivity contribution in [2.75, 3.05) is 0 Å². The van der Waals surface area contributed by atoms with E-state index in [1.807, 2.05) is 31.2 Å². The molecule has 0 atom stereocenters. The van der Waals surface area contributed by atoms with Gasteiger partial charge < -0.3 is 15.3 Å². The first-order valence-corrected chi connectivity index (χ1v) is 14.7. The highest BCUT2D eigenvalue weighted by Gasteiger charge is 2.29. The quantitative estimate of drug-likeness (QED) is 0.326. The number of rotatable bonds is 4. The third-order valence-electron chi connectivity index (χ3n) is 9.55. The Kier molecular flexibility index (Phi) is 7.49. The van der Waals surface area contributed by atoms with Gasteiger partial charge in [0, 0.05) is 16.7 Å². The van der Waals surface area contributed by atoms with Crippen LogP contribution in [0.3, 0.4) is 0 Å². The summed E-state index contributed by atoms with van der Waals surface area (Å²) in [5.41, 5.74) is 10.7. The molecule has 0 aromatic heterocycles. The van der Waals surface area contributed by atoms with Crippen LogP contribution < -0.4 is 0 Å². The molecule has 5 rings (SSSR count). The van der Waals surface area contributed by atoms with E-state index in [1.165, 1.54) is 75.3 Å². The van der Waals surface area contributed by atoms with Crippen molar-refractivity contribution in [3.63, 3.8) is 0 Å². The monoisotopic (exact) mass is 512 g/mol. The second-order valence-corrected chi connectivity index (χ2v) is 12.1. The number of phenols is 3. The molecule has 0 saturated heterocycles. The van der Waals surface area contributed by atoms with Crippen LogP contribution in [-0.4, -0.2) is 15.3 Å². The largest absolute Gasteiger partial charge is 0.507 e. The Labute approximate surface area is 228 Å². The van der Waals surface area contributed by atoms with Gasteiger partial charge in [-0.1, -0.05) is 50.7 Å². The van der Waals surface area contributed by atoms with Crippen LogP contribution in [0, 0.1) is 34.6 Å². The van der Waals surface area contributed by atoms with Crippen LogP contribution in [0.1, 0.15) is 115 Å². The molecule has 202 valence electrons. The maximum Gasteiger partial charge on any atom is 0.127 e. The third-order valence-corrected chi connectivity index (χ3v) is 9.55. The van der Waals surface area contributed by atoms with Crippen molar-refractivity contribution in [1.82, 2.24) is 0 Å². The first-order chi connectivity index (χ1) is 18.2. The van der Waals surface area contributed by atoms with E-state index in [9.17, 15) is 15.3 Å². The van der Waals surface area contributed by atoms with Crippen LogP contribution in [0.5, 0.6) is 17.2 Å². The summed E-state index contributed by atoms with van der Waals surface area (Å²) in [4.78, 5) is 0. The van der Waals surface area contributed by atoms with Crippen molar-refractivity contribution < 1.29 is 15.3 Å².